The monoisotopic (exact) mass is 298 g/mol. The maximum atomic E-state index is 12.2. The minimum absolute atomic E-state index is 0.117. The highest BCUT2D eigenvalue weighted by Crippen LogP contribution is 2.31. The summed E-state index contributed by atoms with van der Waals surface area (Å²) in [5, 5.41) is 11.0. The fraction of sp³-hybridized carbons (Fsp3) is 0.353. The van der Waals surface area contributed by atoms with Gasteiger partial charge < -0.3 is 4.57 Å². The molecule has 3 rings (SSSR count). The minimum atomic E-state index is -0.372. The lowest BCUT2D eigenvalue weighted by molar-refractivity contribution is -0.385. The third-order valence-corrected chi connectivity index (χ3v) is 4.30. The molecule has 1 aliphatic rings. The lowest BCUT2D eigenvalue weighted by atomic mass is 9.88. The Balaban J connectivity index is 2.16. The van der Waals surface area contributed by atoms with Gasteiger partial charge in [0.15, 0.2) is 5.78 Å². The zero-order chi connectivity index (χ0) is 16.0. The Kier molecular flexibility index (Phi) is 3.35. The summed E-state index contributed by atoms with van der Waals surface area (Å²) in [6.45, 7) is 5.78. The predicted octanol–water partition coefficient (Wildman–Crippen LogP) is 3.77. The Morgan fingerprint density at radius 1 is 1.23 bits per heavy atom. The molecule has 114 valence electrons. The molecule has 5 heteroatoms. The summed E-state index contributed by atoms with van der Waals surface area (Å²) in [7, 11) is 0. The van der Waals surface area contributed by atoms with E-state index in [1.807, 2.05) is 19.1 Å². The number of benzene rings is 1. The van der Waals surface area contributed by atoms with Crippen LogP contribution >= 0.6 is 0 Å². The van der Waals surface area contributed by atoms with E-state index in [9.17, 15) is 14.9 Å². The molecule has 22 heavy (non-hydrogen) atoms. The second-order valence-corrected chi connectivity index (χ2v) is 6.15. The third kappa shape index (κ3) is 2.22. The van der Waals surface area contributed by atoms with Gasteiger partial charge in [-0.2, -0.15) is 0 Å². The molecule has 0 N–H and O–H groups in total. The van der Waals surface area contributed by atoms with Gasteiger partial charge in [-0.15, -0.1) is 0 Å². The number of aryl methyl sites for hydroxylation is 2. The average Bonchev–Trinajstić information content (AvgIpc) is 2.74. The lowest BCUT2D eigenvalue weighted by Gasteiger charge is -2.21. The highest BCUT2D eigenvalue weighted by Gasteiger charge is 2.27. The summed E-state index contributed by atoms with van der Waals surface area (Å²) >= 11 is 0. The van der Waals surface area contributed by atoms with E-state index in [-0.39, 0.29) is 16.4 Å². The summed E-state index contributed by atoms with van der Waals surface area (Å²) < 4.78 is 2.06. The molecular weight excluding hydrogens is 280 g/mol. The molecule has 1 aromatic carbocycles. The van der Waals surface area contributed by atoms with E-state index < -0.39 is 0 Å². The maximum Gasteiger partial charge on any atom is 0.272 e. The predicted molar refractivity (Wildman–Crippen MR) is 83.7 cm³/mol. The molecule has 0 fully saturated rings. The van der Waals surface area contributed by atoms with Crippen LogP contribution in [-0.4, -0.2) is 15.3 Å². The Bertz CT molecular complexity index is 789. The molecule has 0 aliphatic heterocycles. The topological polar surface area (TPSA) is 65.1 Å². The highest BCUT2D eigenvalue weighted by atomic mass is 16.6. The molecule has 1 heterocycles. The van der Waals surface area contributed by atoms with Gasteiger partial charge in [-0.25, -0.2) is 0 Å². The lowest BCUT2D eigenvalue weighted by Crippen LogP contribution is -2.19. The smallest absolute Gasteiger partial charge is 0.272 e. The molecule has 0 radical (unpaired) electrons. The second kappa shape index (κ2) is 5.09. The third-order valence-electron chi connectivity index (χ3n) is 4.30. The number of fused-ring (bicyclic) bond motifs is 1. The molecule has 2 aromatic rings. The Hall–Kier alpha value is -2.43. The molecule has 0 bridgehead atoms. The molecule has 1 aromatic heterocycles. The molecule has 1 atom stereocenters. The van der Waals surface area contributed by atoms with Crippen molar-refractivity contribution in [3.05, 3.63) is 56.9 Å². The van der Waals surface area contributed by atoms with Crippen molar-refractivity contribution in [1.29, 1.82) is 0 Å². The molecule has 0 unspecified atom stereocenters. The fourth-order valence-electron chi connectivity index (χ4n) is 3.30. The minimum Gasteiger partial charge on any atom is -0.317 e. The van der Waals surface area contributed by atoms with Crippen LogP contribution in [0.3, 0.4) is 0 Å². The molecule has 0 spiro atoms. The van der Waals surface area contributed by atoms with Crippen LogP contribution in [0.4, 0.5) is 5.69 Å². The number of aromatic nitrogens is 1. The van der Waals surface area contributed by atoms with Gasteiger partial charge in [0.25, 0.3) is 5.69 Å². The number of ketones is 1. The molecule has 0 saturated carbocycles. The van der Waals surface area contributed by atoms with Gasteiger partial charge in [-0.3, -0.25) is 14.9 Å². The standard InChI is InChI=1S/C17H18N2O3/c1-10-6-16-14(17(20)7-10)9-12(3)18(16)13-4-5-15(19(21)22)11(2)8-13/h4-5,8-10H,6-7H2,1-3H3/t10-/m1/s1. The van der Waals surface area contributed by atoms with Gasteiger partial charge in [0.1, 0.15) is 0 Å². The summed E-state index contributed by atoms with van der Waals surface area (Å²) in [5.74, 6) is 0.515. The van der Waals surface area contributed by atoms with E-state index >= 15 is 0 Å². The van der Waals surface area contributed by atoms with E-state index in [0.29, 0.717) is 17.9 Å². The van der Waals surface area contributed by atoms with Crippen molar-refractivity contribution in [1.82, 2.24) is 4.57 Å². The van der Waals surface area contributed by atoms with Crippen LogP contribution in [0.25, 0.3) is 5.69 Å². The van der Waals surface area contributed by atoms with Gasteiger partial charge in [0, 0.05) is 40.7 Å². The van der Waals surface area contributed by atoms with E-state index in [1.165, 1.54) is 6.07 Å². The molecule has 5 nitrogen and oxygen atoms in total. The summed E-state index contributed by atoms with van der Waals surface area (Å²) in [5.41, 5.74) is 4.43. The van der Waals surface area contributed by atoms with Crippen molar-refractivity contribution in [2.45, 2.75) is 33.6 Å². The Labute approximate surface area is 128 Å². The van der Waals surface area contributed by atoms with Crippen LogP contribution in [0.15, 0.2) is 24.3 Å². The molecule has 0 amide bonds. The van der Waals surface area contributed by atoms with Gasteiger partial charge in [-0.1, -0.05) is 6.92 Å². The van der Waals surface area contributed by atoms with Gasteiger partial charge in [0.2, 0.25) is 0 Å². The number of carbonyl (C=O) groups is 1. The molecular formula is C17H18N2O3. The first kappa shape index (κ1) is 14.5. The largest absolute Gasteiger partial charge is 0.317 e. The zero-order valence-electron chi connectivity index (χ0n) is 12.9. The molecule has 0 saturated heterocycles. The van der Waals surface area contributed by atoms with Gasteiger partial charge in [0.05, 0.1) is 4.92 Å². The van der Waals surface area contributed by atoms with Crippen LogP contribution in [-0.2, 0) is 6.42 Å². The van der Waals surface area contributed by atoms with Crippen molar-refractivity contribution in [2.75, 3.05) is 0 Å². The van der Waals surface area contributed by atoms with Crippen LogP contribution in [0.1, 0.15) is 40.7 Å². The quantitative estimate of drug-likeness (QED) is 0.626. The number of hydrogen-bond donors (Lipinski definition) is 0. The van der Waals surface area contributed by atoms with Crippen molar-refractivity contribution >= 4 is 11.5 Å². The summed E-state index contributed by atoms with van der Waals surface area (Å²) in [6.07, 6.45) is 1.45. The van der Waals surface area contributed by atoms with Crippen LogP contribution in [0, 0.1) is 29.9 Å². The maximum absolute atomic E-state index is 12.2. The Morgan fingerprint density at radius 2 is 1.95 bits per heavy atom. The number of Topliss-reactive ketones (excluding diaryl/α,β-unsaturated/α-hetero) is 1. The average molecular weight is 298 g/mol. The van der Waals surface area contributed by atoms with Crippen molar-refractivity contribution in [2.24, 2.45) is 5.92 Å². The zero-order valence-corrected chi connectivity index (χ0v) is 12.9. The number of nitro benzene ring substituents is 1. The number of nitrogens with zero attached hydrogens (tertiary/aromatic N) is 2. The fourth-order valence-corrected chi connectivity index (χ4v) is 3.30. The van der Waals surface area contributed by atoms with Gasteiger partial charge >= 0.3 is 0 Å². The van der Waals surface area contributed by atoms with E-state index in [4.69, 9.17) is 0 Å². The van der Waals surface area contributed by atoms with Crippen LogP contribution < -0.4 is 0 Å². The first-order valence-electron chi connectivity index (χ1n) is 7.38. The van der Waals surface area contributed by atoms with E-state index in [0.717, 1.165) is 29.1 Å². The van der Waals surface area contributed by atoms with Crippen LogP contribution in [0.5, 0.6) is 0 Å². The van der Waals surface area contributed by atoms with E-state index in [1.54, 1.807) is 13.0 Å². The van der Waals surface area contributed by atoms with Crippen molar-refractivity contribution < 1.29 is 9.72 Å². The first-order chi connectivity index (χ1) is 10.4. The number of rotatable bonds is 2. The Morgan fingerprint density at radius 3 is 2.59 bits per heavy atom. The van der Waals surface area contributed by atoms with Crippen LogP contribution in [0.2, 0.25) is 0 Å². The molecule has 1 aliphatic carbocycles. The summed E-state index contributed by atoms with van der Waals surface area (Å²) in [4.78, 5) is 22.8. The normalized spacial score (nSPS) is 17.4. The van der Waals surface area contributed by atoms with Crippen molar-refractivity contribution in [3.63, 3.8) is 0 Å². The number of carbonyl (C=O) groups excluding carboxylic acids is 1. The highest BCUT2D eigenvalue weighted by molar-refractivity contribution is 5.99. The second-order valence-electron chi connectivity index (χ2n) is 6.15. The van der Waals surface area contributed by atoms with Crippen molar-refractivity contribution in [3.8, 4) is 5.69 Å². The first-order valence-corrected chi connectivity index (χ1v) is 7.38. The van der Waals surface area contributed by atoms with Gasteiger partial charge in [-0.05, 0) is 44.4 Å². The summed E-state index contributed by atoms with van der Waals surface area (Å²) in [6, 6.07) is 7.03. The van der Waals surface area contributed by atoms with E-state index in [2.05, 4.69) is 11.5 Å². The SMILES string of the molecule is Cc1cc(-n2c(C)cc3c2C[C@@H](C)CC3=O)ccc1[N+](=O)[O-]. The number of hydrogen-bond acceptors (Lipinski definition) is 3. The number of nitro groups is 1.